The third-order valence-electron chi connectivity index (χ3n) is 9.06. The van der Waals surface area contributed by atoms with Gasteiger partial charge in [0, 0.05) is 54.2 Å². The Morgan fingerprint density at radius 3 is 1.12 bits per heavy atom. The van der Waals surface area contributed by atoms with E-state index in [-0.39, 0.29) is 4.90 Å². The lowest BCUT2D eigenvalue weighted by Crippen LogP contribution is -2.13. The minimum Gasteiger partial charge on any atom is -0.311 e. The quantitative estimate of drug-likeness (QED) is 0.115. The maximum absolute atomic E-state index is 14.2. The molecular formula is C47H34Cl4N2O2S. The summed E-state index contributed by atoms with van der Waals surface area (Å²) in [5.41, 5.74) is 7.04. The first-order chi connectivity index (χ1) is 27.2. The van der Waals surface area contributed by atoms with Gasteiger partial charge in [0.15, 0.2) is 9.84 Å². The van der Waals surface area contributed by atoms with Crippen LogP contribution in [0.3, 0.4) is 0 Å². The summed E-state index contributed by atoms with van der Waals surface area (Å²) in [7, 11) is -3.81. The van der Waals surface area contributed by atoms with Crippen molar-refractivity contribution in [2.75, 3.05) is 9.80 Å². The number of hydrogen-bond donors (Lipinski definition) is 0. The summed E-state index contributed by atoms with van der Waals surface area (Å²) >= 11 is 24.8. The van der Waals surface area contributed by atoms with Crippen LogP contribution in [0.2, 0.25) is 20.1 Å². The number of sulfone groups is 1. The van der Waals surface area contributed by atoms with Gasteiger partial charge in [0.25, 0.3) is 0 Å². The second kappa shape index (κ2) is 17.7. The molecule has 0 aliphatic carbocycles. The summed E-state index contributed by atoms with van der Waals surface area (Å²) in [6.07, 6.45) is 7.31. The van der Waals surface area contributed by atoms with Gasteiger partial charge in [0.05, 0.1) is 4.90 Å². The van der Waals surface area contributed by atoms with Gasteiger partial charge in [-0.2, -0.15) is 0 Å². The Hall–Kier alpha value is -5.27. The van der Waals surface area contributed by atoms with Gasteiger partial charge in [-0.3, -0.25) is 0 Å². The molecule has 0 spiro atoms. The fourth-order valence-electron chi connectivity index (χ4n) is 6.28. The van der Waals surface area contributed by atoms with Gasteiger partial charge in [-0.05, 0) is 145 Å². The Kier molecular flexibility index (Phi) is 12.3. The van der Waals surface area contributed by atoms with Crippen LogP contribution in [-0.4, -0.2) is 8.42 Å². The molecule has 0 N–H and O–H groups in total. The lowest BCUT2D eigenvalue weighted by molar-refractivity contribution is 0.590. The molecule has 0 aromatic heterocycles. The van der Waals surface area contributed by atoms with Crippen LogP contribution in [-0.2, 0) is 9.84 Å². The second-order valence-corrected chi connectivity index (χ2v) is 16.6. The molecule has 1 atom stereocenters. The lowest BCUT2D eigenvalue weighted by atomic mass is 10.1. The van der Waals surface area contributed by atoms with Crippen LogP contribution in [0.4, 0.5) is 34.1 Å². The van der Waals surface area contributed by atoms with Gasteiger partial charge in [-0.15, -0.1) is 0 Å². The maximum atomic E-state index is 14.2. The van der Waals surface area contributed by atoms with Gasteiger partial charge in [0.1, 0.15) is 5.25 Å². The Bertz CT molecular complexity index is 2450. The summed E-state index contributed by atoms with van der Waals surface area (Å²) in [6.45, 7) is 0. The van der Waals surface area contributed by atoms with Gasteiger partial charge in [-0.1, -0.05) is 113 Å². The highest BCUT2D eigenvalue weighted by Gasteiger charge is 2.27. The van der Waals surface area contributed by atoms with E-state index in [1.165, 1.54) is 0 Å². The van der Waals surface area contributed by atoms with E-state index in [0.717, 1.165) is 39.7 Å². The first-order valence-corrected chi connectivity index (χ1v) is 20.7. The zero-order chi connectivity index (χ0) is 39.1. The van der Waals surface area contributed by atoms with Crippen molar-refractivity contribution in [1.29, 1.82) is 0 Å². The van der Waals surface area contributed by atoms with Crippen LogP contribution in [0, 0.1) is 0 Å². The number of rotatable bonds is 12. The van der Waals surface area contributed by atoms with Crippen molar-refractivity contribution in [3.63, 3.8) is 0 Å². The topological polar surface area (TPSA) is 40.6 Å². The van der Waals surface area contributed by atoms with Gasteiger partial charge < -0.3 is 9.80 Å². The average molecular weight is 833 g/mol. The molecule has 4 nitrogen and oxygen atoms in total. The van der Waals surface area contributed by atoms with Crippen molar-refractivity contribution < 1.29 is 8.42 Å². The molecule has 1 unspecified atom stereocenters. The zero-order valence-corrected chi connectivity index (χ0v) is 33.6. The molecule has 0 fully saturated rings. The van der Waals surface area contributed by atoms with Crippen LogP contribution in [0.5, 0.6) is 0 Å². The van der Waals surface area contributed by atoms with Crippen LogP contribution in [0.25, 0.3) is 6.08 Å². The molecule has 7 aromatic carbocycles. The van der Waals surface area contributed by atoms with Crippen LogP contribution in [0.15, 0.2) is 199 Å². The SMILES string of the molecule is O=S(=O)(c1ccccc1)C(C=CC=Cc1ccc(N(c2ccc(Cl)cc2)c2ccc(Cl)cc2)cc1)c1ccc(N(c2ccc(Cl)cc2)c2ccc(Cl)cc2)cc1. The van der Waals surface area contributed by atoms with Gasteiger partial charge >= 0.3 is 0 Å². The molecule has 0 radical (unpaired) electrons. The number of anilines is 6. The number of halogens is 4. The molecule has 56 heavy (non-hydrogen) atoms. The number of hydrogen-bond acceptors (Lipinski definition) is 4. The Labute approximate surface area is 348 Å². The molecule has 0 saturated carbocycles. The number of allylic oxidation sites excluding steroid dienone is 2. The van der Waals surface area contributed by atoms with Crippen molar-refractivity contribution >= 4 is 96.4 Å². The van der Waals surface area contributed by atoms with Gasteiger partial charge in [-0.25, -0.2) is 8.42 Å². The number of nitrogens with zero attached hydrogens (tertiary/aromatic N) is 2. The fourth-order valence-corrected chi connectivity index (χ4v) is 8.43. The molecular weight excluding hydrogens is 798 g/mol. The highest BCUT2D eigenvalue weighted by molar-refractivity contribution is 7.91. The summed E-state index contributed by atoms with van der Waals surface area (Å²) in [5.74, 6) is 0. The average Bonchev–Trinajstić information content (AvgIpc) is 3.22. The van der Waals surface area contributed by atoms with Crippen molar-refractivity contribution in [2.24, 2.45) is 0 Å². The summed E-state index contributed by atoms with van der Waals surface area (Å²) in [4.78, 5) is 4.42. The first kappa shape index (κ1) is 39.0. The second-order valence-electron chi connectivity index (χ2n) is 12.8. The normalized spacial score (nSPS) is 12.2. The molecule has 278 valence electrons. The Morgan fingerprint density at radius 2 is 0.750 bits per heavy atom. The Balaban J connectivity index is 1.17. The molecule has 0 aliphatic heterocycles. The smallest absolute Gasteiger partial charge is 0.188 e. The maximum Gasteiger partial charge on any atom is 0.188 e. The largest absolute Gasteiger partial charge is 0.311 e. The predicted molar refractivity (Wildman–Crippen MR) is 237 cm³/mol. The third kappa shape index (κ3) is 9.22. The van der Waals surface area contributed by atoms with Crippen molar-refractivity contribution in [3.8, 4) is 0 Å². The molecule has 7 rings (SSSR count). The third-order valence-corrected chi connectivity index (χ3v) is 12.1. The van der Waals surface area contributed by atoms with E-state index in [2.05, 4.69) is 9.80 Å². The summed E-state index contributed by atoms with van der Waals surface area (Å²) < 4.78 is 28.3. The molecule has 9 heteroatoms. The minimum absolute atomic E-state index is 0.244. The van der Waals surface area contributed by atoms with Crippen LogP contribution >= 0.6 is 46.4 Å². The molecule has 0 bridgehead atoms. The van der Waals surface area contributed by atoms with Crippen molar-refractivity contribution in [2.45, 2.75) is 10.1 Å². The van der Waals surface area contributed by atoms with E-state index in [4.69, 9.17) is 46.4 Å². The molecule has 0 aliphatic rings. The minimum atomic E-state index is -3.81. The Morgan fingerprint density at radius 1 is 0.411 bits per heavy atom. The zero-order valence-electron chi connectivity index (χ0n) is 29.8. The summed E-state index contributed by atoms with van der Waals surface area (Å²) in [5, 5.41) is 1.62. The fraction of sp³-hybridized carbons (Fsp3) is 0.0213. The van der Waals surface area contributed by atoms with E-state index in [9.17, 15) is 8.42 Å². The summed E-state index contributed by atoms with van der Waals surface area (Å²) in [6, 6.07) is 54.6. The van der Waals surface area contributed by atoms with Crippen molar-refractivity contribution in [3.05, 3.63) is 225 Å². The standard InChI is InChI=1S/C47H34Cl4N2O2S/c48-36-14-26-42(27-15-36)52(43-28-16-37(49)17-29-43)40-22-10-34(11-23-40)6-4-5-9-47(56(54,55)46-7-2-1-3-8-46)35-12-24-41(25-13-35)53(44-30-18-38(50)19-31-44)45-32-20-39(51)21-33-45/h1-33,47H. The van der Waals surface area contributed by atoms with Crippen LogP contribution in [0.1, 0.15) is 16.4 Å². The first-order valence-electron chi connectivity index (χ1n) is 17.6. The molecule has 0 amide bonds. The number of benzene rings is 7. The van der Waals surface area contributed by atoms with E-state index < -0.39 is 15.1 Å². The molecule has 0 saturated heterocycles. The highest BCUT2D eigenvalue weighted by atomic mass is 35.5. The predicted octanol–water partition coefficient (Wildman–Crippen LogP) is 15.0. The highest BCUT2D eigenvalue weighted by Crippen LogP contribution is 2.39. The monoisotopic (exact) mass is 830 g/mol. The van der Waals surface area contributed by atoms with Crippen LogP contribution < -0.4 is 9.80 Å². The van der Waals surface area contributed by atoms with E-state index in [0.29, 0.717) is 25.7 Å². The lowest BCUT2D eigenvalue weighted by Gasteiger charge is -2.26. The van der Waals surface area contributed by atoms with Crippen molar-refractivity contribution in [1.82, 2.24) is 0 Å². The van der Waals surface area contributed by atoms with E-state index >= 15 is 0 Å². The van der Waals surface area contributed by atoms with E-state index in [1.807, 2.05) is 158 Å². The van der Waals surface area contributed by atoms with E-state index in [1.54, 1.807) is 42.5 Å². The molecule has 0 heterocycles. The van der Waals surface area contributed by atoms with Gasteiger partial charge in [0.2, 0.25) is 0 Å². The molecule has 7 aromatic rings.